The Morgan fingerprint density at radius 3 is 2.00 bits per heavy atom. The van der Waals surface area contributed by atoms with Gasteiger partial charge in [0, 0.05) is 23.9 Å². The predicted molar refractivity (Wildman–Crippen MR) is 104 cm³/mol. The maximum absolute atomic E-state index is 12.6. The molecule has 3 aromatic rings. The van der Waals surface area contributed by atoms with Crippen molar-refractivity contribution in [1.29, 1.82) is 0 Å². The SMILES string of the molecule is CNC(=O)c1ccc(C)c(NC(=O)c2ccc(-c3ccccc3)cc2)c1. The highest BCUT2D eigenvalue weighted by atomic mass is 16.2. The van der Waals surface area contributed by atoms with E-state index in [4.69, 9.17) is 0 Å². The number of aryl methyl sites for hydroxylation is 1. The second kappa shape index (κ2) is 7.66. The molecule has 0 fully saturated rings. The third-order valence-electron chi connectivity index (χ3n) is 4.23. The zero-order valence-corrected chi connectivity index (χ0v) is 14.7. The fourth-order valence-electron chi connectivity index (χ4n) is 2.68. The van der Waals surface area contributed by atoms with Crippen LogP contribution in [0.5, 0.6) is 0 Å². The van der Waals surface area contributed by atoms with Crippen LogP contribution in [-0.4, -0.2) is 18.9 Å². The second-order valence-corrected chi connectivity index (χ2v) is 6.01. The van der Waals surface area contributed by atoms with Crippen LogP contribution in [0.4, 0.5) is 5.69 Å². The molecule has 3 rings (SSSR count). The number of benzene rings is 3. The number of amides is 2. The molecule has 2 amide bonds. The van der Waals surface area contributed by atoms with Crippen molar-refractivity contribution in [1.82, 2.24) is 5.32 Å². The molecule has 0 aromatic heterocycles. The van der Waals surface area contributed by atoms with Crippen LogP contribution in [-0.2, 0) is 0 Å². The lowest BCUT2D eigenvalue weighted by molar-refractivity contribution is 0.0961. The Bertz CT molecular complexity index is 932. The molecule has 130 valence electrons. The van der Waals surface area contributed by atoms with E-state index in [2.05, 4.69) is 10.6 Å². The highest BCUT2D eigenvalue weighted by Gasteiger charge is 2.11. The summed E-state index contributed by atoms with van der Waals surface area (Å²) in [6.45, 7) is 1.89. The van der Waals surface area contributed by atoms with Gasteiger partial charge in [-0.1, -0.05) is 48.5 Å². The molecule has 0 saturated carbocycles. The average Bonchev–Trinajstić information content (AvgIpc) is 2.69. The van der Waals surface area contributed by atoms with Gasteiger partial charge in [-0.25, -0.2) is 0 Å². The number of nitrogens with one attached hydrogen (secondary N) is 2. The van der Waals surface area contributed by atoms with Gasteiger partial charge in [0.1, 0.15) is 0 Å². The molecule has 0 atom stereocenters. The molecule has 0 aliphatic rings. The van der Waals surface area contributed by atoms with Gasteiger partial charge in [0.2, 0.25) is 0 Å². The predicted octanol–water partition coefficient (Wildman–Crippen LogP) is 4.27. The molecule has 26 heavy (non-hydrogen) atoms. The third-order valence-corrected chi connectivity index (χ3v) is 4.23. The summed E-state index contributed by atoms with van der Waals surface area (Å²) in [6.07, 6.45) is 0. The van der Waals surface area contributed by atoms with E-state index in [1.807, 2.05) is 55.5 Å². The molecule has 0 aliphatic carbocycles. The molecule has 4 nitrogen and oxygen atoms in total. The van der Waals surface area contributed by atoms with Crippen LogP contribution in [0.1, 0.15) is 26.3 Å². The molecule has 0 saturated heterocycles. The van der Waals surface area contributed by atoms with Crippen molar-refractivity contribution >= 4 is 17.5 Å². The van der Waals surface area contributed by atoms with Crippen LogP contribution < -0.4 is 10.6 Å². The Labute approximate surface area is 152 Å². The van der Waals surface area contributed by atoms with Gasteiger partial charge in [0.25, 0.3) is 11.8 Å². The van der Waals surface area contributed by atoms with Crippen LogP contribution in [0, 0.1) is 6.92 Å². The van der Waals surface area contributed by atoms with Crippen molar-refractivity contribution in [2.75, 3.05) is 12.4 Å². The summed E-state index contributed by atoms with van der Waals surface area (Å²) in [5, 5.41) is 5.47. The van der Waals surface area contributed by atoms with Crippen molar-refractivity contribution in [3.05, 3.63) is 89.5 Å². The molecular weight excluding hydrogens is 324 g/mol. The summed E-state index contributed by atoms with van der Waals surface area (Å²) >= 11 is 0. The van der Waals surface area contributed by atoms with E-state index in [9.17, 15) is 9.59 Å². The fraction of sp³-hybridized carbons (Fsp3) is 0.0909. The van der Waals surface area contributed by atoms with E-state index >= 15 is 0 Å². The number of anilines is 1. The van der Waals surface area contributed by atoms with Gasteiger partial charge >= 0.3 is 0 Å². The third kappa shape index (κ3) is 3.81. The van der Waals surface area contributed by atoms with Gasteiger partial charge in [-0.3, -0.25) is 9.59 Å². The minimum absolute atomic E-state index is 0.187. The van der Waals surface area contributed by atoms with Crippen LogP contribution in [0.15, 0.2) is 72.8 Å². The number of hydrogen-bond acceptors (Lipinski definition) is 2. The van der Waals surface area contributed by atoms with Crippen LogP contribution in [0.3, 0.4) is 0 Å². The Balaban J connectivity index is 1.79. The van der Waals surface area contributed by atoms with E-state index in [1.165, 1.54) is 0 Å². The van der Waals surface area contributed by atoms with Gasteiger partial charge in [-0.2, -0.15) is 0 Å². The van der Waals surface area contributed by atoms with Crippen LogP contribution in [0.25, 0.3) is 11.1 Å². The number of rotatable bonds is 4. The molecule has 2 N–H and O–H groups in total. The number of carbonyl (C=O) groups is 2. The van der Waals surface area contributed by atoms with E-state index in [0.29, 0.717) is 16.8 Å². The Morgan fingerprint density at radius 1 is 0.731 bits per heavy atom. The minimum Gasteiger partial charge on any atom is -0.355 e. The summed E-state index contributed by atoms with van der Waals surface area (Å²) in [5.74, 6) is -0.394. The maximum Gasteiger partial charge on any atom is 0.255 e. The second-order valence-electron chi connectivity index (χ2n) is 6.01. The van der Waals surface area contributed by atoms with Gasteiger partial charge in [0.05, 0.1) is 0 Å². The highest BCUT2D eigenvalue weighted by molar-refractivity contribution is 6.05. The first-order valence-electron chi connectivity index (χ1n) is 8.38. The van der Waals surface area contributed by atoms with Crippen LogP contribution >= 0.6 is 0 Å². The largest absolute Gasteiger partial charge is 0.355 e. The van der Waals surface area contributed by atoms with E-state index in [1.54, 1.807) is 31.3 Å². The molecular formula is C22H20N2O2. The Kier molecular flexibility index (Phi) is 5.13. The normalized spacial score (nSPS) is 10.2. The summed E-state index contributed by atoms with van der Waals surface area (Å²) in [5.41, 5.74) is 4.76. The summed E-state index contributed by atoms with van der Waals surface area (Å²) < 4.78 is 0. The molecule has 3 aromatic carbocycles. The quantitative estimate of drug-likeness (QED) is 0.742. The van der Waals surface area contributed by atoms with Gasteiger partial charge in [-0.15, -0.1) is 0 Å². The first-order chi connectivity index (χ1) is 12.6. The van der Waals surface area contributed by atoms with E-state index in [0.717, 1.165) is 16.7 Å². The van der Waals surface area contributed by atoms with Crippen molar-refractivity contribution < 1.29 is 9.59 Å². The van der Waals surface area contributed by atoms with Gasteiger partial charge in [-0.05, 0) is 47.9 Å². The first-order valence-corrected chi connectivity index (χ1v) is 8.38. The summed E-state index contributed by atoms with van der Waals surface area (Å²) in [6, 6.07) is 22.7. The molecule has 0 aliphatic heterocycles. The lowest BCUT2D eigenvalue weighted by atomic mass is 10.0. The minimum atomic E-state index is -0.207. The first kappa shape index (κ1) is 17.4. The van der Waals surface area contributed by atoms with Crippen molar-refractivity contribution in [2.45, 2.75) is 6.92 Å². The number of carbonyl (C=O) groups excluding carboxylic acids is 2. The zero-order chi connectivity index (χ0) is 18.5. The van der Waals surface area contributed by atoms with Gasteiger partial charge in [0.15, 0.2) is 0 Å². The average molecular weight is 344 g/mol. The molecule has 0 heterocycles. The van der Waals surface area contributed by atoms with E-state index < -0.39 is 0 Å². The van der Waals surface area contributed by atoms with Crippen LogP contribution in [0.2, 0.25) is 0 Å². The zero-order valence-electron chi connectivity index (χ0n) is 14.7. The standard InChI is InChI=1S/C22H20N2O2/c1-15-8-9-19(21(25)23-2)14-20(15)24-22(26)18-12-10-17(11-13-18)16-6-4-3-5-7-16/h3-14H,1-2H3,(H,23,25)(H,24,26). The molecule has 0 spiro atoms. The number of hydrogen-bond donors (Lipinski definition) is 2. The molecule has 4 heteroatoms. The molecule has 0 unspecified atom stereocenters. The lowest BCUT2D eigenvalue weighted by Crippen LogP contribution is -2.19. The maximum atomic E-state index is 12.6. The molecule has 0 bridgehead atoms. The highest BCUT2D eigenvalue weighted by Crippen LogP contribution is 2.21. The smallest absolute Gasteiger partial charge is 0.255 e. The van der Waals surface area contributed by atoms with Crippen molar-refractivity contribution in [3.8, 4) is 11.1 Å². The topological polar surface area (TPSA) is 58.2 Å². The Morgan fingerprint density at radius 2 is 1.35 bits per heavy atom. The summed E-state index contributed by atoms with van der Waals surface area (Å²) in [7, 11) is 1.58. The fourth-order valence-corrected chi connectivity index (χ4v) is 2.68. The monoisotopic (exact) mass is 344 g/mol. The Hall–Kier alpha value is -3.40. The van der Waals surface area contributed by atoms with Crippen molar-refractivity contribution in [3.63, 3.8) is 0 Å². The molecule has 0 radical (unpaired) electrons. The van der Waals surface area contributed by atoms with E-state index in [-0.39, 0.29) is 11.8 Å². The lowest BCUT2D eigenvalue weighted by Gasteiger charge is -2.11. The van der Waals surface area contributed by atoms with Crippen molar-refractivity contribution in [2.24, 2.45) is 0 Å². The summed E-state index contributed by atoms with van der Waals surface area (Å²) in [4.78, 5) is 24.3. The van der Waals surface area contributed by atoms with Gasteiger partial charge < -0.3 is 10.6 Å².